The molecular weight excluding hydrogens is 489 g/mol. The van der Waals surface area contributed by atoms with E-state index < -0.39 is 11.8 Å². The van der Waals surface area contributed by atoms with E-state index in [0.717, 1.165) is 17.1 Å². The smallest absolute Gasteiger partial charge is 0.270 e. The van der Waals surface area contributed by atoms with Gasteiger partial charge in [-0.3, -0.25) is 19.8 Å². The predicted octanol–water partition coefficient (Wildman–Crippen LogP) is 5.89. The van der Waals surface area contributed by atoms with Gasteiger partial charge in [-0.25, -0.2) is 0 Å². The van der Waals surface area contributed by atoms with Gasteiger partial charge in [0.25, 0.3) is 11.8 Å². The quantitative estimate of drug-likeness (QED) is 0.275. The van der Waals surface area contributed by atoms with Crippen LogP contribution in [0.5, 0.6) is 0 Å². The van der Waals surface area contributed by atoms with Crippen molar-refractivity contribution < 1.29 is 9.59 Å². The van der Waals surface area contributed by atoms with Gasteiger partial charge in [0.1, 0.15) is 5.57 Å². The molecule has 5 nitrogen and oxygen atoms in total. The highest BCUT2D eigenvalue weighted by atomic mass is 35.5. The number of anilines is 1. The highest BCUT2D eigenvalue weighted by molar-refractivity contribution is 7.80. The van der Waals surface area contributed by atoms with E-state index >= 15 is 0 Å². The second-order valence-electron chi connectivity index (χ2n) is 7.20. The van der Waals surface area contributed by atoms with Gasteiger partial charge in [-0.05, 0) is 80.2 Å². The van der Waals surface area contributed by atoms with Gasteiger partial charge in [0.2, 0.25) is 0 Å². The molecule has 1 saturated heterocycles. The Hall–Kier alpha value is -2.64. The van der Waals surface area contributed by atoms with Crippen LogP contribution in [-0.2, 0) is 9.59 Å². The van der Waals surface area contributed by atoms with Gasteiger partial charge in [-0.15, -0.1) is 0 Å². The monoisotopic (exact) mass is 503 g/mol. The number of carbonyl (C=O) groups excluding carboxylic acids is 2. The van der Waals surface area contributed by atoms with Gasteiger partial charge in [0.05, 0.1) is 15.7 Å². The number of nitrogens with one attached hydrogen (secondary N) is 1. The first-order chi connectivity index (χ1) is 15.2. The van der Waals surface area contributed by atoms with Gasteiger partial charge >= 0.3 is 0 Å². The number of hydrogen-bond donors (Lipinski definition) is 1. The van der Waals surface area contributed by atoms with Crippen molar-refractivity contribution >= 4 is 75.7 Å². The lowest BCUT2D eigenvalue weighted by molar-refractivity contribution is -0.122. The zero-order valence-corrected chi connectivity index (χ0v) is 20.0. The lowest BCUT2D eigenvalue weighted by Crippen LogP contribution is -2.54. The first-order valence-electron chi connectivity index (χ1n) is 9.49. The van der Waals surface area contributed by atoms with E-state index in [4.69, 9.17) is 47.0 Å². The fraction of sp³-hybridized carbons (Fsp3) is 0.0870. The largest absolute Gasteiger partial charge is 0.318 e. The van der Waals surface area contributed by atoms with E-state index in [0.29, 0.717) is 26.3 Å². The van der Waals surface area contributed by atoms with Gasteiger partial charge in [-0.2, -0.15) is 0 Å². The van der Waals surface area contributed by atoms with Gasteiger partial charge in [-0.1, -0.05) is 40.9 Å². The van der Waals surface area contributed by atoms with Gasteiger partial charge in [0.15, 0.2) is 5.11 Å². The van der Waals surface area contributed by atoms with Crippen LogP contribution in [0, 0.1) is 13.8 Å². The third-order valence-corrected chi connectivity index (χ3v) is 6.36. The van der Waals surface area contributed by atoms with Crippen LogP contribution in [-0.4, -0.2) is 21.5 Å². The van der Waals surface area contributed by atoms with E-state index in [-0.39, 0.29) is 10.7 Å². The van der Waals surface area contributed by atoms with Crippen LogP contribution < -0.4 is 10.2 Å². The maximum atomic E-state index is 13.2. The average Bonchev–Trinajstić information content (AvgIpc) is 3.00. The summed E-state index contributed by atoms with van der Waals surface area (Å²) in [7, 11) is 0. The number of carbonyl (C=O) groups is 2. The maximum absolute atomic E-state index is 13.2. The summed E-state index contributed by atoms with van der Waals surface area (Å²) in [5, 5.41) is 3.93. The van der Waals surface area contributed by atoms with Crippen molar-refractivity contribution in [2.45, 2.75) is 13.8 Å². The van der Waals surface area contributed by atoms with Crippen LogP contribution in [0.25, 0.3) is 11.8 Å². The minimum absolute atomic E-state index is 0.000644. The third kappa shape index (κ3) is 4.07. The molecule has 2 heterocycles. The summed E-state index contributed by atoms with van der Waals surface area (Å²) in [4.78, 5) is 27.1. The number of amides is 2. The van der Waals surface area contributed by atoms with Crippen LogP contribution in [0.3, 0.4) is 0 Å². The minimum Gasteiger partial charge on any atom is -0.318 e. The Morgan fingerprint density at radius 2 is 1.69 bits per heavy atom. The molecule has 32 heavy (non-hydrogen) atoms. The van der Waals surface area contributed by atoms with Crippen molar-refractivity contribution in [1.82, 2.24) is 9.88 Å². The summed E-state index contributed by atoms with van der Waals surface area (Å²) in [6.07, 6.45) is 1.56. The highest BCUT2D eigenvalue weighted by Crippen LogP contribution is 2.30. The summed E-state index contributed by atoms with van der Waals surface area (Å²) in [5.41, 5.74) is 3.70. The van der Waals surface area contributed by atoms with Crippen molar-refractivity contribution in [3.8, 4) is 5.69 Å². The van der Waals surface area contributed by atoms with Crippen LogP contribution in [0.2, 0.25) is 15.1 Å². The summed E-state index contributed by atoms with van der Waals surface area (Å²) in [6.45, 7) is 3.82. The topological polar surface area (TPSA) is 54.3 Å². The van der Waals surface area contributed by atoms with Crippen LogP contribution in [0.4, 0.5) is 5.69 Å². The fourth-order valence-corrected chi connectivity index (χ4v) is 4.38. The molecule has 1 fully saturated rings. The second kappa shape index (κ2) is 8.71. The SMILES string of the molecule is Cc1cc(/C=C2\C(=O)NC(=S)N(c3cccc(Cl)c3)C2=O)c(C)n1-c1ccc(Cl)c(Cl)c1. The minimum atomic E-state index is -0.558. The molecule has 1 aliphatic heterocycles. The molecule has 0 spiro atoms. The Bertz CT molecular complexity index is 1330. The number of nitrogens with zero attached hydrogens (tertiary/aromatic N) is 2. The van der Waals surface area contributed by atoms with Crippen molar-refractivity contribution in [3.05, 3.63) is 86.1 Å². The number of halogens is 3. The molecule has 9 heteroatoms. The normalized spacial score (nSPS) is 15.5. The van der Waals surface area contributed by atoms with E-state index in [9.17, 15) is 9.59 Å². The molecular formula is C23H16Cl3N3O2S. The Labute approximate surface area is 205 Å². The standard InChI is InChI=1S/C23H16Cl3N3O2S/c1-12-8-14(13(2)28(12)17-6-7-19(25)20(26)11-17)9-18-21(30)27-23(32)29(22(18)31)16-5-3-4-15(24)10-16/h3-11H,1-2H3,(H,27,30,32)/b18-9+. The molecule has 162 valence electrons. The highest BCUT2D eigenvalue weighted by Gasteiger charge is 2.34. The summed E-state index contributed by atoms with van der Waals surface area (Å²) in [5.74, 6) is -1.09. The third-order valence-electron chi connectivity index (χ3n) is 5.10. The van der Waals surface area contributed by atoms with E-state index in [1.165, 1.54) is 4.90 Å². The first kappa shape index (κ1) is 22.6. The van der Waals surface area contributed by atoms with Gasteiger partial charge < -0.3 is 4.57 Å². The van der Waals surface area contributed by atoms with Crippen molar-refractivity contribution in [1.29, 1.82) is 0 Å². The molecule has 1 aromatic heterocycles. The molecule has 0 aliphatic carbocycles. The summed E-state index contributed by atoms with van der Waals surface area (Å²) >= 11 is 23.5. The number of aryl methyl sites for hydroxylation is 1. The van der Waals surface area contributed by atoms with Crippen LogP contribution in [0.15, 0.2) is 54.1 Å². The number of rotatable bonds is 3. The lowest BCUT2D eigenvalue weighted by Gasteiger charge is -2.29. The van der Waals surface area contributed by atoms with Crippen LogP contribution in [0.1, 0.15) is 17.0 Å². The maximum Gasteiger partial charge on any atom is 0.270 e. The molecule has 0 radical (unpaired) electrons. The van der Waals surface area contributed by atoms with Gasteiger partial charge in [0, 0.05) is 22.1 Å². The molecule has 0 atom stereocenters. The lowest BCUT2D eigenvalue weighted by atomic mass is 10.1. The molecule has 4 rings (SSSR count). The van der Waals surface area contributed by atoms with Crippen molar-refractivity contribution in [3.63, 3.8) is 0 Å². The zero-order valence-electron chi connectivity index (χ0n) is 16.9. The Morgan fingerprint density at radius 1 is 0.938 bits per heavy atom. The Morgan fingerprint density at radius 3 is 2.38 bits per heavy atom. The molecule has 1 aliphatic rings. The van der Waals surface area contributed by atoms with Crippen molar-refractivity contribution in [2.75, 3.05) is 4.90 Å². The molecule has 2 amide bonds. The average molecular weight is 505 g/mol. The van der Waals surface area contributed by atoms with Crippen molar-refractivity contribution in [2.24, 2.45) is 0 Å². The molecule has 3 aromatic rings. The van der Waals surface area contributed by atoms with E-state index in [1.54, 1.807) is 42.5 Å². The summed E-state index contributed by atoms with van der Waals surface area (Å²) < 4.78 is 1.97. The molecule has 0 saturated carbocycles. The molecule has 0 unspecified atom stereocenters. The number of hydrogen-bond acceptors (Lipinski definition) is 3. The number of aromatic nitrogens is 1. The Balaban J connectivity index is 1.77. The number of benzene rings is 2. The van der Waals surface area contributed by atoms with E-state index in [2.05, 4.69) is 5.32 Å². The number of thiocarbonyl (C=S) groups is 1. The molecule has 2 aromatic carbocycles. The van der Waals surface area contributed by atoms with Crippen LogP contribution >= 0.6 is 47.0 Å². The second-order valence-corrected chi connectivity index (χ2v) is 8.84. The predicted molar refractivity (Wildman–Crippen MR) is 133 cm³/mol. The summed E-state index contributed by atoms with van der Waals surface area (Å²) in [6, 6.07) is 13.9. The zero-order chi connectivity index (χ0) is 23.2. The first-order valence-corrected chi connectivity index (χ1v) is 11.0. The Kier molecular flexibility index (Phi) is 6.14. The van der Waals surface area contributed by atoms with E-state index in [1.807, 2.05) is 30.5 Å². The molecule has 0 bridgehead atoms. The fourth-order valence-electron chi connectivity index (χ4n) is 3.62. The molecule has 1 N–H and O–H groups in total.